The van der Waals surface area contributed by atoms with Gasteiger partial charge in [-0.05, 0) is 26.2 Å². The molecular weight excluding hydrogens is 336 g/mol. The Morgan fingerprint density at radius 2 is 2.17 bits per heavy atom. The van der Waals surface area contributed by atoms with E-state index >= 15 is 0 Å². The Balaban J connectivity index is 1.57. The van der Waals surface area contributed by atoms with Gasteiger partial charge in [0.25, 0.3) is 0 Å². The number of rotatable bonds is 4. The zero-order valence-electron chi connectivity index (χ0n) is 13.2. The molecule has 0 bridgehead atoms. The highest BCUT2D eigenvalue weighted by atomic mass is 32.2. The average Bonchev–Trinajstić information content (AvgIpc) is 2.86. The molecule has 0 aliphatic carbocycles. The molecule has 0 saturated carbocycles. The van der Waals surface area contributed by atoms with Crippen LogP contribution in [0.3, 0.4) is 0 Å². The van der Waals surface area contributed by atoms with Gasteiger partial charge in [0.15, 0.2) is 15.0 Å². The van der Waals surface area contributed by atoms with Gasteiger partial charge in [-0.1, -0.05) is 18.2 Å². The van der Waals surface area contributed by atoms with Crippen molar-refractivity contribution in [2.75, 3.05) is 17.3 Å². The van der Waals surface area contributed by atoms with Crippen molar-refractivity contribution >= 4 is 27.5 Å². The summed E-state index contributed by atoms with van der Waals surface area (Å²) in [6, 6.07) is 0. The monoisotopic (exact) mass is 358 g/mol. The molecule has 2 aliphatic heterocycles. The van der Waals surface area contributed by atoms with Crippen LogP contribution in [-0.2, 0) is 27.6 Å². The minimum Gasteiger partial charge on any atom is -0.349 e. The number of nitrogens with one attached hydrogen (secondary N) is 1. The van der Waals surface area contributed by atoms with E-state index < -0.39 is 15.4 Å². The van der Waals surface area contributed by atoms with Gasteiger partial charge in [-0.2, -0.15) is 0 Å². The molecule has 128 valence electrons. The third kappa shape index (κ3) is 4.06. The molecule has 1 saturated heterocycles. The number of fused-ring (bicyclic) bond motifs is 1. The van der Waals surface area contributed by atoms with Crippen molar-refractivity contribution in [3.63, 3.8) is 0 Å². The summed E-state index contributed by atoms with van der Waals surface area (Å²) in [4.78, 5) is 12.2. The van der Waals surface area contributed by atoms with Crippen molar-refractivity contribution in [3.8, 4) is 0 Å². The lowest BCUT2D eigenvalue weighted by Crippen LogP contribution is -2.47. The maximum absolute atomic E-state index is 12.2. The first kappa shape index (κ1) is 16.8. The Morgan fingerprint density at radius 3 is 2.91 bits per heavy atom. The largest absolute Gasteiger partial charge is 0.349 e. The molecular formula is C14H22N4O3S2. The fraction of sp³-hybridized carbons (Fsp3) is 0.786. The fourth-order valence-corrected chi connectivity index (χ4v) is 6.05. The van der Waals surface area contributed by atoms with Crippen LogP contribution in [-0.4, -0.2) is 51.9 Å². The molecule has 7 nitrogen and oxygen atoms in total. The molecule has 2 aliphatic rings. The second-order valence-corrected chi connectivity index (χ2v) is 9.73. The van der Waals surface area contributed by atoms with Gasteiger partial charge >= 0.3 is 0 Å². The van der Waals surface area contributed by atoms with Crippen molar-refractivity contribution in [3.05, 3.63) is 5.82 Å². The highest BCUT2D eigenvalue weighted by Crippen LogP contribution is 2.24. The highest BCUT2D eigenvalue weighted by molar-refractivity contribution is 7.99. The van der Waals surface area contributed by atoms with E-state index in [-0.39, 0.29) is 23.2 Å². The molecule has 1 unspecified atom stereocenters. The Hall–Kier alpha value is -1.09. The summed E-state index contributed by atoms with van der Waals surface area (Å²) < 4.78 is 25.3. The number of nitrogens with zero attached hydrogens (tertiary/aromatic N) is 3. The number of carbonyl (C=O) groups excluding carboxylic acids is 1. The van der Waals surface area contributed by atoms with Crippen LogP contribution < -0.4 is 5.32 Å². The first-order chi connectivity index (χ1) is 10.9. The molecule has 1 aromatic rings. The number of hydrogen-bond donors (Lipinski definition) is 1. The molecule has 3 rings (SSSR count). The summed E-state index contributed by atoms with van der Waals surface area (Å²) in [6.45, 7) is 2.70. The van der Waals surface area contributed by atoms with Gasteiger partial charge in [0.2, 0.25) is 5.91 Å². The molecule has 0 aromatic carbocycles. The number of aryl methyl sites for hydroxylation is 1. The minimum absolute atomic E-state index is 0.0245. The number of aromatic nitrogens is 3. The molecule has 1 amide bonds. The van der Waals surface area contributed by atoms with Crippen LogP contribution in [0.1, 0.15) is 38.4 Å². The van der Waals surface area contributed by atoms with E-state index in [4.69, 9.17) is 0 Å². The first-order valence-electron chi connectivity index (χ1n) is 7.93. The lowest BCUT2D eigenvalue weighted by Gasteiger charge is -2.23. The predicted octanol–water partition coefficient (Wildman–Crippen LogP) is 0.790. The molecule has 1 fully saturated rings. The summed E-state index contributed by atoms with van der Waals surface area (Å²) in [5, 5.41) is 12.0. The molecule has 0 spiro atoms. The van der Waals surface area contributed by atoms with E-state index in [1.54, 1.807) is 6.92 Å². The number of thioether (sulfide) groups is 1. The Kier molecular flexibility index (Phi) is 4.68. The van der Waals surface area contributed by atoms with Crippen LogP contribution in [0.25, 0.3) is 0 Å². The second-order valence-electron chi connectivity index (χ2n) is 6.60. The van der Waals surface area contributed by atoms with Crippen LogP contribution in [0, 0.1) is 0 Å². The van der Waals surface area contributed by atoms with Crippen LogP contribution in [0.15, 0.2) is 5.16 Å². The van der Waals surface area contributed by atoms with Gasteiger partial charge < -0.3 is 9.88 Å². The standard InChI is InChI=1S/C14H22N4O3S2/c1-14(6-8-23(20,21)10-14)15-12(19)9-22-13-17-16-11-5-3-2-4-7-18(11)13/h2-10H2,1H3,(H,15,19). The molecule has 1 N–H and O–H groups in total. The van der Waals surface area contributed by atoms with Gasteiger partial charge in [0.1, 0.15) is 5.82 Å². The van der Waals surface area contributed by atoms with Crippen molar-refractivity contribution in [2.45, 2.75) is 56.3 Å². The third-order valence-corrected chi connectivity index (χ3v) is 7.22. The van der Waals surface area contributed by atoms with Crippen molar-refractivity contribution in [1.82, 2.24) is 20.1 Å². The normalized spacial score (nSPS) is 26.5. The predicted molar refractivity (Wildman–Crippen MR) is 88.1 cm³/mol. The van der Waals surface area contributed by atoms with Gasteiger partial charge in [-0.25, -0.2) is 8.42 Å². The van der Waals surface area contributed by atoms with Crippen molar-refractivity contribution in [1.29, 1.82) is 0 Å². The van der Waals surface area contributed by atoms with Gasteiger partial charge in [-0.15, -0.1) is 10.2 Å². The lowest BCUT2D eigenvalue weighted by molar-refractivity contribution is -0.120. The van der Waals surface area contributed by atoms with Crippen molar-refractivity contribution < 1.29 is 13.2 Å². The van der Waals surface area contributed by atoms with Gasteiger partial charge in [0, 0.05) is 13.0 Å². The third-order valence-electron chi connectivity index (χ3n) is 4.35. The van der Waals surface area contributed by atoms with E-state index in [1.807, 2.05) is 0 Å². The number of amides is 1. The number of hydrogen-bond acceptors (Lipinski definition) is 6. The Bertz CT molecular complexity index is 701. The number of carbonyl (C=O) groups is 1. The molecule has 9 heteroatoms. The number of sulfone groups is 1. The van der Waals surface area contributed by atoms with Crippen LogP contribution in [0.2, 0.25) is 0 Å². The SMILES string of the molecule is CC1(NC(=O)CSc2nnc3n2CCCCC3)CCS(=O)(=O)C1. The molecule has 1 atom stereocenters. The Labute approximate surface area is 140 Å². The maximum atomic E-state index is 12.2. The maximum Gasteiger partial charge on any atom is 0.230 e. The smallest absolute Gasteiger partial charge is 0.230 e. The average molecular weight is 358 g/mol. The zero-order chi connectivity index (χ0) is 16.5. The molecule has 23 heavy (non-hydrogen) atoms. The minimum atomic E-state index is -3.02. The van der Waals surface area contributed by atoms with E-state index in [0.29, 0.717) is 6.42 Å². The zero-order valence-corrected chi connectivity index (χ0v) is 14.9. The summed E-state index contributed by atoms with van der Waals surface area (Å²) in [5.41, 5.74) is -0.641. The van der Waals surface area contributed by atoms with Gasteiger partial charge in [0.05, 0.1) is 22.8 Å². The molecule has 1 aromatic heterocycles. The summed E-state index contributed by atoms with van der Waals surface area (Å²) in [6.07, 6.45) is 4.86. The second kappa shape index (κ2) is 6.43. The van der Waals surface area contributed by atoms with E-state index in [1.165, 1.54) is 18.2 Å². The van der Waals surface area contributed by atoms with Gasteiger partial charge in [-0.3, -0.25) is 4.79 Å². The summed E-state index contributed by atoms with van der Waals surface area (Å²) >= 11 is 1.37. The summed E-state index contributed by atoms with van der Waals surface area (Å²) in [7, 11) is -3.02. The highest BCUT2D eigenvalue weighted by Gasteiger charge is 2.39. The van der Waals surface area contributed by atoms with E-state index in [2.05, 4.69) is 20.1 Å². The van der Waals surface area contributed by atoms with E-state index in [9.17, 15) is 13.2 Å². The molecule has 0 radical (unpaired) electrons. The molecule has 3 heterocycles. The van der Waals surface area contributed by atoms with Crippen LogP contribution in [0.5, 0.6) is 0 Å². The Morgan fingerprint density at radius 1 is 1.35 bits per heavy atom. The fourth-order valence-electron chi connectivity index (χ4n) is 3.18. The van der Waals surface area contributed by atoms with Crippen LogP contribution >= 0.6 is 11.8 Å². The topological polar surface area (TPSA) is 93.9 Å². The first-order valence-corrected chi connectivity index (χ1v) is 10.7. The quantitative estimate of drug-likeness (QED) is 0.800. The summed E-state index contributed by atoms with van der Waals surface area (Å²) in [5.74, 6) is 1.25. The van der Waals surface area contributed by atoms with Crippen molar-refractivity contribution in [2.24, 2.45) is 0 Å². The van der Waals surface area contributed by atoms with Crippen LogP contribution in [0.4, 0.5) is 0 Å². The lowest BCUT2D eigenvalue weighted by atomic mass is 10.0. The van der Waals surface area contributed by atoms with E-state index in [0.717, 1.165) is 36.8 Å².